The second-order valence-electron chi connectivity index (χ2n) is 15.2. The van der Waals surface area contributed by atoms with Crippen LogP contribution in [0.5, 0.6) is 0 Å². The summed E-state index contributed by atoms with van der Waals surface area (Å²) in [6.07, 6.45) is 0. The molecule has 8 aromatic carbocycles. The number of fused-ring (bicyclic) bond motifs is 10. The summed E-state index contributed by atoms with van der Waals surface area (Å²) in [7, 11) is 0. The van der Waals surface area contributed by atoms with Crippen LogP contribution in [0.2, 0.25) is 0 Å². The molecule has 0 aliphatic rings. The minimum Gasteiger partial charge on any atom is -0.267 e. The van der Waals surface area contributed by atoms with Crippen LogP contribution in [0.25, 0.3) is 99.2 Å². The quantitative estimate of drug-likeness (QED) is 0.174. The molecule has 8 nitrogen and oxygen atoms in total. The second-order valence-corrected chi connectivity index (χ2v) is 15.2. The highest BCUT2D eigenvalue weighted by atomic mass is 16.2. The Hall–Kier alpha value is -8.36. The number of hydrogen-bond acceptors (Lipinski definition) is 4. The van der Waals surface area contributed by atoms with Crippen molar-refractivity contribution >= 4 is 43.6 Å². The number of hydrogen-bond donors (Lipinski definition) is 0. The van der Waals surface area contributed by atoms with E-state index in [2.05, 4.69) is 60.7 Å². The molecule has 0 aliphatic carbocycles. The van der Waals surface area contributed by atoms with Gasteiger partial charge in [0.15, 0.2) is 0 Å². The van der Waals surface area contributed by atoms with Gasteiger partial charge in [-0.05, 0) is 122 Å². The fourth-order valence-electron chi connectivity index (χ4n) is 9.20. The Bertz CT molecular complexity index is 3720. The van der Waals surface area contributed by atoms with Gasteiger partial charge >= 0.3 is 0 Å². The van der Waals surface area contributed by atoms with E-state index in [0.29, 0.717) is 43.6 Å². The van der Waals surface area contributed by atoms with E-state index < -0.39 is 0 Å². The average Bonchev–Trinajstić information content (AvgIpc) is 3.98. The smallest absolute Gasteiger partial charge is 0.267 e. The summed E-state index contributed by atoms with van der Waals surface area (Å²) in [5.74, 6) is 0. The van der Waals surface area contributed by atoms with Crippen molar-refractivity contribution in [3.8, 4) is 55.6 Å². The van der Waals surface area contributed by atoms with Gasteiger partial charge < -0.3 is 0 Å². The summed E-state index contributed by atoms with van der Waals surface area (Å²) >= 11 is 0. The Morgan fingerprint density at radius 3 is 1.10 bits per heavy atom. The van der Waals surface area contributed by atoms with Crippen LogP contribution in [-0.2, 0) is 0 Å². The lowest BCUT2D eigenvalue weighted by molar-refractivity contribution is 0.841. The van der Waals surface area contributed by atoms with Gasteiger partial charge in [-0.15, -0.1) is 0 Å². The maximum atomic E-state index is 14.0. The highest BCUT2D eigenvalue weighted by Gasteiger charge is 2.22. The molecule has 0 radical (unpaired) electrons. The maximum absolute atomic E-state index is 14.0. The summed E-state index contributed by atoms with van der Waals surface area (Å²) < 4.78 is 5.84. The Morgan fingerprint density at radius 1 is 0.250 bits per heavy atom. The molecule has 0 aliphatic heterocycles. The third kappa shape index (κ3) is 4.73. The van der Waals surface area contributed by atoms with Crippen molar-refractivity contribution in [2.24, 2.45) is 0 Å². The van der Waals surface area contributed by atoms with E-state index in [1.165, 1.54) is 9.03 Å². The number of benzene rings is 8. The first kappa shape index (κ1) is 33.7. The zero-order chi connectivity index (χ0) is 40.2. The van der Waals surface area contributed by atoms with Gasteiger partial charge in [-0.2, -0.15) is 9.03 Å². The van der Waals surface area contributed by atoms with Crippen LogP contribution in [0.15, 0.2) is 201 Å². The van der Waals surface area contributed by atoms with Crippen molar-refractivity contribution in [1.29, 1.82) is 0 Å². The molecule has 0 amide bonds. The van der Waals surface area contributed by atoms with Gasteiger partial charge in [0.05, 0.1) is 43.6 Å². The van der Waals surface area contributed by atoms with Gasteiger partial charge in [-0.1, -0.05) is 115 Å². The first-order valence-electron chi connectivity index (χ1n) is 19.7. The first-order valence-corrected chi connectivity index (χ1v) is 19.7. The van der Waals surface area contributed by atoms with E-state index in [-0.39, 0.29) is 22.2 Å². The van der Waals surface area contributed by atoms with Crippen molar-refractivity contribution in [2.75, 3.05) is 0 Å². The SMILES string of the molecule is O=c1c2ccccc2n2c3ccc(-c4cc(-c5ccc6c(c5)c(=O)n5c(=O)c7ccccc7n65)cc(-c5c(-c6ccccc6)cccc5-c5ccccc5)c4)cc3c(=O)n12. The van der Waals surface area contributed by atoms with Crippen LogP contribution < -0.4 is 22.2 Å². The molecule has 0 unspecified atom stereocenters. The summed E-state index contributed by atoms with van der Waals surface area (Å²) in [4.78, 5) is 55.0. The molecule has 12 aromatic rings. The van der Waals surface area contributed by atoms with Crippen LogP contribution in [0, 0.1) is 0 Å². The number of rotatable bonds is 5. The van der Waals surface area contributed by atoms with E-state index in [1.54, 1.807) is 33.3 Å². The highest BCUT2D eigenvalue weighted by Crippen LogP contribution is 2.43. The van der Waals surface area contributed by atoms with Gasteiger partial charge in [0, 0.05) is 0 Å². The predicted octanol–water partition coefficient (Wildman–Crippen LogP) is 9.66. The van der Waals surface area contributed by atoms with Gasteiger partial charge in [-0.3, -0.25) is 19.2 Å². The van der Waals surface area contributed by atoms with Crippen LogP contribution in [0.3, 0.4) is 0 Å². The van der Waals surface area contributed by atoms with Crippen LogP contribution in [-0.4, -0.2) is 18.1 Å². The zero-order valence-corrected chi connectivity index (χ0v) is 31.7. The standard InChI is InChI=1S/C52H30N4O4/c57-49-40-16-7-9-20-44(40)53-46-24-22-33(29-42(46)51(59)55(49)53)35-26-36(34-23-25-47-43(30-34)52(60)56-50(58)41-17-8-10-21-45(41)54(47)56)28-37(27-35)48-38(31-12-3-1-4-13-31)18-11-19-39(48)32-14-5-2-6-15-32/h1-30H. The highest BCUT2D eigenvalue weighted by molar-refractivity contribution is 5.99. The fraction of sp³-hybridized carbons (Fsp3) is 0. The van der Waals surface area contributed by atoms with Crippen LogP contribution in [0.1, 0.15) is 0 Å². The van der Waals surface area contributed by atoms with Crippen molar-refractivity contribution in [1.82, 2.24) is 18.1 Å². The average molecular weight is 775 g/mol. The second kappa shape index (κ2) is 12.6. The first-order chi connectivity index (χ1) is 29.4. The summed E-state index contributed by atoms with van der Waals surface area (Å²) in [6.45, 7) is 0. The molecule has 8 heteroatoms. The third-order valence-corrected chi connectivity index (χ3v) is 11.9. The summed E-state index contributed by atoms with van der Waals surface area (Å²) in [6, 6.07) is 59.4. The van der Waals surface area contributed by atoms with E-state index in [4.69, 9.17) is 0 Å². The molecule has 12 rings (SSSR count). The Morgan fingerprint density at radius 2 is 0.633 bits per heavy atom. The molecule has 282 valence electrons. The van der Waals surface area contributed by atoms with Crippen LogP contribution in [0.4, 0.5) is 0 Å². The monoisotopic (exact) mass is 774 g/mol. The van der Waals surface area contributed by atoms with Crippen molar-refractivity contribution < 1.29 is 0 Å². The Labute approximate surface area is 339 Å². The number of aromatic nitrogens is 4. The largest absolute Gasteiger partial charge is 0.282 e. The van der Waals surface area contributed by atoms with E-state index in [0.717, 1.165) is 55.6 Å². The van der Waals surface area contributed by atoms with Gasteiger partial charge in [0.1, 0.15) is 0 Å². The third-order valence-electron chi connectivity index (χ3n) is 11.9. The predicted molar refractivity (Wildman–Crippen MR) is 240 cm³/mol. The van der Waals surface area contributed by atoms with Crippen molar-refractivity contribution in [3.63, 3.8) is 0 Å². The molecular weight excluding hydrogens is 745 g/mol. The molecule has 0 bridgehead atoms. The van der Waals surface area contributed by atoms with Crippen molar-refractivity contribution in [2.45, 2.75) is 0 Å². The topological polar surface area (TPSA) is 85.9 Å². The molecule has 60 heavy (non-hydrogen) atoms. The minimum absolute atomic E-state index is 0.350. The van der Waals surface area contributed by atoms with Crippen LogP contribution >= 0.6 is 0 Å². The Kier molecular flexibility index (Phi) is 7.07. The molecule has 4 heterocycles. The lowest BCUT2D eigenvalue weighted by Crippen LogP contribution is -2.21. The summed E-state index contributed by atoms with van der Waals surface area (Å²) in [5.41, 5.74) is 10.6. The van der Waals surface area contributed by atoms with Gasteiger partial charge in [0.2, 0.25) is 0 Å². The summed E-state index contributed by atoms with van der Waals surface area (Å²) in [5, 5.41) is 1.84. The van der Waals surface area contributed by atoms with Crippen molar-refractivity contribution in [3.05, 3.63) is 223 Å². The molecule has 4 aromatic heterocycles. The minimum atomic E-state index is -0.381. The fourth-order valence-corrected chi connectivity index (χ4v) is 9.20. The molecule has 0 spiro atoms. The maximum Gasteiger partial charge on any atom is 0.282 e. The number of nitrogens with zero attached hydrogens (tertiary/aromatic N) is 4. The van der Waals surface area contributed by atoms with E-state index in [1.807, 2.05) is 97.1 Å². The molecule has 0 fully saturated rings. The lowest BCUT2D eigenvalue weighted by atomic mass is 9.85. The Balaban J connectivity index is 1.14. The molecular formula is C52H30N4O4. The van der Waals surface area contributed by atoms with E-state index >= 15 is 0 Å². The normalized spacial score (nSPS) is 11.9. The van der Waals surface area contributed by atoms with E-state index in [9.17, 15) is 19.2 Å². The molecule has 0 N–H and O–H groups in total. The molecule has 0 saturated heterocycles. The number of para-hydroxylation sites is 2. The lowest BCUT2D eigenvalue weighted by Gasteiger charge is -2.19. The molecule has 0 saturated carbocycles. The van der Waals surface area contributed by atoms with Gasteiger partial charge in [0.25, 0.3) is 22.2 Å². The zero-order valence-electron chi connectivity index (χ0n) is 31.7. The molecule has 0 atom stereocenters. The van der Waals surface area contributed by atoms with Gasteiger partial charge in [-0.25, -0.2) is 9.03 Å².